The molecule has 1 aliphatic rings. The van der Waals surface area contributed by atoms with Crippen molar-refractivity contribution in [2.24, 2.45) is 5.73 Å². The van der Waals surface area contributed by atoms with Crippen LogP contribution in [0, 0.1) is 0 Å². The predicted molar refractivity (Wildman–Crippen MR) is 65.6 cm³/mol. The number of hydrogen-bond donors (Lipinski definition) is 1. The van der Waals surface area contributed by atoms with E-state index >= 15 is 0 Å². The molecule has 1 heterocycles. The topological polar surface area (TPSA) is 43.8 Å². The number of hydrogen-bond acceptors (Lipinski definition) is 2. The lowest BCUT2D eigenvalue weighted by Crippen LogP contribution is -2.12. The first kappa shape index (κ1) is 10.1. The van der Waals surface area contributed by atoms with Gasteiger partial charge in [0.05, 0.1) is 17.1 Å². The molecule has 0 bridgehead atoms. The Kier molecular flexibility index (Phi) is 2.19. The van der Waals surface area contributed by atoms with Gasteiger partial charge in [0.2, 0.25) is 0 Å². The van der Waals surface area contributed by atoms with Gasteiger partial charge >= 0.3 is 0 Å². The Hall–Kier alpha value is -1.06. The molecule has 1 aromatic heterocycles. The summed E-state index contributed by atoms with van der Waals surface area (Å²) in [4.78, 5) is 4.59. The highest BCUT2D eigenvalue weighted by Crippen LogP contribution is 2.40. The maximum atomic E-state index is 6.03. The highest BCUT2D eigenvalue weighted by molar-refractivity contribution is 6.31. The van der Waals surface area contributed by atoms with Crippen molar-refractivity contribution in [2.75, 3.05) is 0 Å². The van der Waals surface area contributed by atoms with Crippen molar-refractivity contribution in [3.8, 4) is 0 Å². The van der Waals surface area contributed by atoms with Crippen molar-refractivity contribution in [3.05, 3.63) is 29.0 Å². The molecule has 2 aromatic rings. The van der Waals surface area contributed by atoms with E-state index in [-0.39, 0.29) is 6.04 Å². The average molecular weight is 236 g/mol. The lowest BCUT2D eigenvalue weighted by molar-refractivity contribution is 0.639. The van der Waals surface area contributed by atoms with E-state index in [0.717, 1.165) is 21.9 Å². The summed E-state index contributed by atoms with van der Waals surface area (Å²) >= 11 is 6.03. The van der Waals surface area contributed by atoms with E-state index in [1.807, 2.05) is 25.1 Å². The van der Waals surface area contributed by atoms with Gasteiger partial charge in [-0.15, -0.1) is 0 Å². The smallest absolute Gasteiger partial charge is 0.126 e. The molecule has 84 valence electrons. The molecule has 2 N–H and O–H groups in total. The van der Waals surface area contributed by atoms with Crippen molar-refractivity contribution in [1.82, 2.24) is 9.55 Å². The molecule has 0 radical (unpaired) electrons. The minimum Gasteiger partial charge on any atom is -0.324 e. The van der Waals surface area contributed by atoms with E-state index in [4.69, 9.17) is 17.3 Å². The molecular weight excluding hydrogens is 222 g/mol. The second-order valence-corrected chi connectivity index (χ2v) is 4.93. The predicted octanol–water partition coefficient (Wildman–Crippen LogP) is 3.04. The molecule has 0 amide bonds. The Morgan fingerprint density at radius 3 is 2.88 bits per heavy atom. The summed E-state index contributed by atoms with van der Waals surface area (Å²) in [7, 11) is 0. The summed E-state index contributed by atoms with van der Waals surface area (Å²) in [5.74, 6) is 0.972. The summed E-state index contributed by atoms with van der Waals surface area (Å²) in [5.41, 5.74) is 8.07. The first-order valence-electron chi connectivity index (χ1n) is 5.60. The zero-order chi connectivity index (χ0) is 11.3. The molecule has 1 atom stereocenters. The van der Waals surface area contributed by atoms with Gasteiger partial charge in [0, 0.05) is 11.1 Å². The zero-order valence-electron chi connectivity index (χ0n) is 9.15. The van der Waals surface area contributed by atoms with Crippen LogP contribution in [-0.2, 0) is 0 Å². The molecule has 0 aliphatic heterocycles. The number of benzene rings is 1. The number of aromatic nitrogens is 2. The van der Waals surface area contributed by atoms with Crippen molar-refractivity contribution in [2.45, 2.75) is 31.8 Å². The van der Waals surface area contributed by atoms with E-state index in [1.54, 1.807) is 0 Å². The molecule has 4 heteroatoms. The number of halogens is 1. The van der Waals surface area contributed by atoms with Gasteiger partial charge in [0.1, 0.15) is 5.82 Å². The molecule has 0 saturated heterocycles. The third-order valence-electron chi connectivity index (χ3n) is 3.00. The van der Waals surface area contributed by atoms with Crippen LogP contribution >= 0.6 is 11.6 Å². The standard InChI is InChI=1S/C12H14ClN3/c1-7(14)12-15-10-5-2-8(13)6-11(10)16(12)9-3-4-9/h2,5-7,9H,3-4,14H2,1H3. The van der Waals surface area contributed by atoms with Gasteiger partial charge in [-0.3, -0.25) is 0 Å². The maximum Gasteiger partial charge on any atom is 0.126 e. The van der Waals surface area contributed by atoms with Crippen LogP contribution in [0.2, 0.25) is 5.02 Å². The number of nitrogens with zero attached hydrogens (tertiary/aromatic N) is 2. The fourth-order valence-corrected chi connectivity index (χ4v) is 2.29. The van der Waals surface area contributed by atoms with E-state index < -0.39 is 0 Å². The Morgan fingerprint density at radius 1 is 1.50 bits per heavy atom. The fourth-order valence-electron chi connectivity index (χ4n) is 2.12. The molecule has 1 saturated carbocycles. The third-order valence-corrected chi connectivity index (χ3v) is 3.23. The van der Waals surface area contributed by atoms with Gasteiger partial charge in [-0.25, -0.2) is 4.98 Å². The normalized spacial score (nSPS) is 17.9. The monoisotopic (exact) mass is 235 g/mol. The van der Waals surface area contributed by atoms with Gasteiger partial charge in [0.25, 0.3) is 0 Å². The Morgan fingerprint density at radius 2 is 2.25 bits per heavy atom. The molecule has 3 nitrogen and oxygen atoms in total. The fraction of sp³-hybridized carbons (Fsp3) is 0.417. The summed E-state index contributed by atoms with van der Waals surface area (Å²) in [6.45, 7) is 1.97. The van der Waals surface area contributed by atoms with Crippen molar-refractivity contribution < 1.29 is 0 Å². The number of nitrogens with two attached hydrogens (primary N) is 1. The van der Waals surface area contributed by atoms with Crippen LogP contribution in [-0.4, -0.2) is 9.55 Å². The molecule has 1 aromatic carbocycles. The summed E-state index contributed by atoms with van der Waals surface area (Å²) in [6.07, 6.45) is 2.44. The van der Waals surface area contributed by atoms with Crippen molar-refractivity contribution in [1.29, 1.82) is 0 Å². The van der Waals surface area contributed by atoms with Crippen LogP contribution in [0.4, 0.5) is 0 Å². The minimum atomic E-state index is -0.0354. The van der Waals surface area contributed by atoms with Crippen molar-refractivity contribution >= 4 is 22.6 Å². The highest BCUT2D eigenvalue weighted by atomic mass is 35.5. The third kappa shape index (κ3) is 1.51. The second-order valence-electron chi connectivity index (χ2n) is 4.49. The van der Waals surface area contributed by atoms with E-state index in [9.17, 15) is 0 Å². The van der Waals surface area contributed by atoms with Gasteiger partial charge in [-0.2, -0.15) is 0 Å². The summed E-state index contributed by atoms with van der Waals surface area (Å²) in [5, 5.41) is 0.755. The van der Waals surface area contributed by atoms with Crippen LogP contribution in [0.25, 0.3) is 11.0 Å². The van der Waals surface area contributed by atoms with Crippen molar-refractivity contribution in [3.63, 3.8) is 0 Å². The molecule has 3 rings (SSSR count). The maximum absolute atomic E-state index is 6.03. The van der Waals surface area contributed by atoms with Gasteiger partial charge in [-0.1, -0.05) is 11.6 Å². The zero-order valence-corrected chi connectivity index (χ0v) is 9.91. The average Bonchev–Trinajstić information content (AvgIpc) is 2.99. The lowest BCUT2D eigenvalue weighted by atomic mass is 10.3. The van der Waals surface area contributed by atoms with Crippen LogP contribution in [0.3, 0.4) is 0 Å². The quantitative estimate of drug-likeness (QED) is 0.870. The number of rotatable bonds is 2. The molecule has 1 aliphatic carbocycles. The largest absolute Gasteiger partial charge is 0.324 e. The lowest BCUT2D eigenvalue weighted by Gasteiger charge is -2.09. The molecule has 0 spiro atoms. The van der Waals surface area contributed by atoms with Gasteiger partial charge in [0.15, 0.2) is 0 Å². The van der Waals surface area contributed by atoms with Crippen LogP contribution in [0.15, 0.2) is 18.2 Å². The van der Waals surface area contributed by atoms with Gasteiger partial charge in [-0.05, 0) is 38.0 Å². The van der Waals surface area contributed by atoms with Crippen LogP contribution in [0.1, 0.15) is 37.7 Å². The minimum absolute atomic E-state index is 0.0354. The van der Waals surface area contributed by atoms with Gasteiger partial charge < -0.3 is 10.3 Å². The first-order chi connectivity index (χ1) is 7.66. The first-order valence-corrected chi connectivity index (χ1v) is 5.97. The number of fused-ring (bicyclic) bond motifs is 1. The Bertz CT molecular complexity index is 540. The molecule has 16 heavy (non-hydrogen) atoms. The second kappa shape index (κ2) is 3.47. The Labute approximate surface area is 99.2 Å². The molecule has 1 fully saturated rings. The summed E-state index contributed by atoms with van der Waals surface area (Å²) in [6, 6.07) is 6.35. The SMILES string of the molecule is CC(N)c1nc2ccc(Cl)cc2n1C1CC1. The van der Waals surface area contributed by atoms with E-state index in [0.29, 0.717) is 6.04 Å². The Balaban J connectivity index is 2.29. The molecular formula is C12H14ClN3. The van der Waals surface area contributed by atoms with E-state index in [1.165, 1.54) is 12.8 Å². The van der Waals surface area contributed by atoms with Crippen LogP contribution in [0.5, 0.6) is 0 Å². The highest BCUT2D eigenvalue weighted by Gasteiger charge is 2.29. The van der Waals surface area contributed by atoms with E-state index in [2.05, 4.69) is 9.55 Å². The summed E-state index contributed by atoms with van der Waals surface area (Å²) < 4.78 is 2.26. The molecule has 1 unspecified atom stereocenters. The number of imidazole rings is 1. The van der Waals surface area contributed by atoms with Crippen LogP contribution < -0.4 is 5.73 Å².